The van der Waals surface area contributed by atoms with E-state index in [0.717, 1.165) is 34.0 Å². The van der Waals surface area contributed by atoms with Crippen molar-refractivity contribution in [2.75, 3.05) is 13.2 Å². The topological polar surface area (TPSA) is 91.4 Å². The first-order chi connectivity index (χ1) is 17.0. The van der Waals surface area contributed by atoms with Gasteiger partial charge in [-0.25, -0.2) is 0 Å². The van der Waals surface area contributed by atoms with E-state index >= 15 is 0 Å². The molecule has 0 unspecified atom stereocenters. The summed E-state index contributed by atoms with van der Waals surface area (Å²) < 4.78 is 5.85. The van der Waals surface area contributed by atoms with Crippen LogP contribution in [0.25, 0.3) is 22.0 Å². The van der Waals surface area contributed by atoms with E-state index in [1.54, 1.807) is 24.3 Å². The Balaban J connectivity index is 1.59. The average molecular weight is 471 g/mol. The van der Waals surface area contributed by atoms with E-state index in [9.17, 15) is 14.7 Å². The Labute approximate surface area is 205 Å². The molecule has 0 saturated heterocycles. The summed E-state index contributed by atoms with van der Waals surface area (Å²) >= 11 is 0. The molecule has 180 valence electrons. The van der Waals surface area contributed by atoms with Crippen molar-refractivity contribution in [3.8, 4) is 16.9 Å². The third-order valence-corrected chi connectivity index (χ3v) is 6.01. The first-order valence-corrected chi connectivity index (χ1v) is 11.8. The molecule has 0 aliphatic heterocycles. The van der Waals surface area contributed by atoms with Crippen molar-refractivity contribution in [3.05, 3.63) is 89.6 Å². The molecule has 3 aromatic carbocycles. The minimum absolute atomic E-state index is 0.00479. The molecule has 0 spiro atoms. The highest BCUT2D eigenvalue weighted by Gasteiger charge is 2.19. The van der Waals surface area contributed by atoms with Crippen LogP contribution < -0.4 is 10.1 Å². The molecule has 1 amide bonds. The van der Waals surface area contributed by atoms with Crippen LogP contribution in [0.1, 0.15) is 46.5 Å². The van der Waals surface area contributed by atoms with Gasteiger partial charge < -0.3 is 20.1 Å². The fourth-order valence-corrected chi connectivity index (χ4v) is 4.11. The maximum Gasteiger partial charge on any atom is 0.255 e. The van der Waals surface area contributed by atoms with Gasteiger partial charge in [0.25, 0.3) is 5.91 Å². The molecule has 1 heterocycles. The van der Waals surface area contributed by atoms with Gasteiger partial charge in [-0.3, -0.25) is 9.59 Å². The van der Waals surface area contributed by atoms with Crippen molar-refractivity contribution in [1.82, 2.24) is 10.3 Å². The number of ether oxygens (including phenoxy) is 1. The number of hydrogen-bond acceptors (Lipinski definition) is 4. The van der Waals surface area contributed by atoms with E-state index in [0.29, 0.717) is 29.9 Å². The lowest BCUT2D eigenvalue weighted by atomic mass is 9.99. The summed E-state index contributed by atoms with van der Waals surface area (Å²) in [6.45, 7) is 3.84. The fourth-order valence-electron chi connectivity index (χ4n) is 4.11. The quantitative estimate of drug-likeness (QED) is 0.279. The van der Waals surface area contributed by atoms with Gasteiger partial charge in [0, 0.05) is 22.7 Å². The van der Waals surface area contributed by atoms with E-state index in [1.807, 2.05) is 55.6 Å². The van der Waals surface area contributed by atoms with Crippen molar-refractivity contribution in [2.24, 2.45) is 0 Å². The number of benzene rings is 3. The third-order valence-electron chi connectivity index (χ3n) is 6.01. The van der Waals surface area contributed by atoms with Crippen LogP contribution >= 0.6 is 0 Å². The molecule has 1 atom stereocenters. The first-order valence-electron chi connectivity index (χ1n) is 11.8. The summed E-state index contributed by atoms with van der Waals surface area (Å²) in [4.78, 5) is 28.2. The standard InChI is InChI=1S/C29H30N2O4/c1-3-14-35-28-13-12-22(21-10-8-20(9-11-21)19(2)33)16-26(28)29(34)31-24(18-32)15-23-17-30-27-7-5-4-6-25(23)27/h4-13,16-17,24,30,32H,3,14-15,18H2,1-2H3,(H,31,34)/t24-/m1/s1. The minimum atomic E-state index is -0.459. The lowest BCUT2D eigenvalue weighted by Crippen LogP contribution is -2.39. The number of carbonyl (C=O) groups excluding carboxylic acids is 2. The number of aliphatic hydroxyl groups excluding tert-OH is 1. The maximum atomic E-state index is 13.4. The average Bonchev–Trinajstić information content (AvgIpc) is 3.29. The minimum Gasteiger partial charge on any atom is -0.493 e. The zero-order chi connectivity index (χ0) is 24.8. The lowest BCUT2D eigenvalue weighted by molar-refractivity contribution is 0.0912. The maximum absolute atomic E-state index is 13.4. The number of fused-ring (bicyclic) bond motifs is 1. The molecule has 6 nitrogen and oxygen atoms in total. The van der Waals surface area contributed by atoms with Gasteiger partial charge in [-0.1, -0.05) is 55.5 Å². The molecule has 0 bridgehead atoms. The Bertz CT molecular complexity index is 1320. The van der Waals surface area contributed by atoms with Crippen LogP contribution in [0.3, 0.4) is 0 Å². The van der Waals surface area contributed by atoms with Gasteiger partial charge >= 0.3 is 0 Å². The van der Waals surface area contributed by atoms with Crippen molar-refractivity contribution >= 4 is 22.6 Å². The number of Topliss-reactive ketones (excluding diaryl/α,β-unsaturated/α-hetero) is 1. The summed E-state index contributed by atoms with van der Waals surface area (Å²) in [5.41, 5.74) is 4.82. The van der Waals surface area contributed by atoms with Crippen molar-refractivity contribution in [3.63, 3.8) is 0 Å². The van der Waals surface area contributed by atoms with E-state index < -0.39 is 6.04 Å². The number of aliphatic hydroxyl groups is 1. The normalized spacial score (nSPS) is 11.9. The van der Waals surface area contributed by atoms with Gasteiger partial charge in [0.05, 0.1) is 24.8 Å². The molecule has 4 aromatic rings. The number of aromatic amines is 1. The van der Waals surface area contributed by atoms with Crippen LogP contribution in [-0.4, -0.2) is 41.0 Å². The van der Waals surface area contributed by atoms with Gasteiger partial charge in [0.15, 0.2) is 5.78 Å². The summed E-state index contributed by atoms with van der Waals surface area (Å²) in [6.07, 6.45) is 3.22. The highest BCUT2D eigenvalue weighted by Crippen LogP contribution is 2.28. The monoisotopic (exact) mass is 470 g/mol. The summed E-state index contributed by atoms with van der Waals surface area (Å²) in [5.74, 6) is 0.194. The predicted molar refractivity (Wildman–Crippen MR) is 138 cm³/mol. The number of amides is 1. The second-order valence-corrected chi connectivity index (χ2v) is 8.61. The number of aromatic nitrogens is 1. The van der Waals surface area contributed by atoms with Crippen molar-refractivity contribution < 1.29 is 19.4 Å². The molecule has 6 heteroatoms. The number of rotatable bonds is 10. The zero-order valence-electron chi connectivity index (χ0n) is 20.0. The number of para-hydroxylation sites is 1. The van der Waals surface area contributed by atoms with E-state index in [1.165, 1.54) is 6.92 Å². The van der Waals surface area contributed by atoms with Crippen LogP contribution in [-0.2, 0) is 6.42 Å². The molecular formula is C29H30N2O4. The van der Waals surface area contributed by atoms with Crippen molar-refractivity contribution in [1.29, 1.82) is 0 Å². The molecule has 3 N–H and O–H groups in total. The molecule has 35 heavy (non-hydrogen) atoms. The molecule has 0 saturated carbocycles. The van der Waals surface area contributed by atoms with Crippen LogP contribution in [0.5, 0.6) is 5.75 Å². The Hall–Kier alpha value is -3.90. The Morgan fingerprint density at radius 1 is 1.03 bits per heavy atom. The van der Waals surface area contributed by atoms with Gasteiger partial charge in [-0.05, 0) is 54.7 Å². The number of H-pyrrole nitrogens is 1. The molecule has 4 rings (SSSR count). The Morgan fingerprint density at radius 2 is 1.77 bits per heavy atom. The van der Waals surface area contributed by atoms with Gasteiger partial charge in [-0.2, -0.15) is 0 Å². The summed E-state index contributed by atoms with van der Waals surface area (Å²) in [5, 5.41) is 14.1. The Morgan fingerprint density at radius 3 is 2.49 bits per heavy atom. The van der Waals surface area contributed by atoms with Crippen LogP contribution in [0.15, 0.2) is 72.9 Å². The van der Waals surface area contributed by atoms with E-state index in [4.69, 9.17) is 4.74 Å². The van der Waals surface area contributed by atoms with Crippen LogP contribution in [0.4, 0.5) is 0 Å². The number of ketones is 1. The van der Waals surface area contributed by atoms with E-state index in [-0.39, 0.29) is 18.3 Å². The largest absolute Gasteiger partial charge is 0.493 e. The molecule has 0 aliphatic rings. The third kappa shape index (κ3) is 5.61. The van der Waals surface area contributed by atoms with Crippen molar-refractivity contribution in [2.45, 2.75) is 32.7 Å². The lowest BCUT2D eigenvalue weighted by Gasteiger charge is -2.18. The summed E-state index contributed by atoms with van der Waals surface area (Å²) in [7, 11) is 0. The first kappa shape index (κ1) is 24.2. The fraction of sp³-hybridized carbons (Fsp3) is 0.241. The van der Waals surface area contributed by atoms with Gasteiger partial charge in [0.2, 0.25) is 0 Å². The zero-order valence-corrected chi connectivity index (χ0v) is 20.0. The second-order valence-electron chi connectivity index (χ2n) is 8.61. The molecular weight excluding hydrogens is 440 g/mol. The SMILES string of the molecule is CCCOc1ccc(-c2ccc(C(C)=O)cc2)cc1C(=O)N[C@@H](CO)Cc1c[nH]c2ccccc12. The number of hydrogen-bond donors (Lipinski definition) is 3. The predicted octanol–water partition coefficient (Wildman–Crippen LogP) is 5.16. The van der Waals surface area contributed by atoms with Gasteiger partial charge in [-0.15, -0.1) is 0 Å². The van der Waals surface area contributed by atoms with E-state index in [2.05, 4.69) is 10.3 Å². The molecule has 1 aromatic heterocycles. The van der Waals surface area contributed by atoms with Crippen LogP contribution in [0.2, 0.25) is 0 Å². The highest BCUT2D eigenvalue weighted by atomic mass is 16.5. The van der Waals surface area contributed by atoms with Gasteiger partial charge in [0.1, 0.15) is 5.75 Å². The second kappa shape index (κ2) is 11.0. The molecule has 0 fully saturated rings. The molecule has 0 aliphatic carbocycles. The number of nitrogens with one attached hydrogen (secondary N) is 2. The Kier molecular flexibility index (Phi) is 7.63. The smallest absolute Gasteiger partial charge is 0.255 e. The number of carbonyl (C=O) groups is 2. The highest BCUT2D eigenvalue weighted by molar-refractivity contribution is 5.99. The van der Waals surface area contributed by atoms with Crippen LogP contribution in [0, 0.1) is 0 Å². The molecule has 0 radical (unpaired) electrons. The summed E-state index contributed by atoms with van der Waals surface area (Å²) in [6, 6.07) is 20.3.